The van der Waals surface area contributed by atoms with Crippen LogP contribution in [-0.4, -0.2) is 42.4 Å². The van der Waals surface area contributed by atoms with Gasteiger partial charge in [-0.25, -0.2) is 9.98 Å². The van der Waals surface area contributed by atoms with Crippen molar-refractivity contribution >= 4 is 32.3 Å². The monoisotopic (exact) mass is 379 g/mol. The lowest BCUT2D eigenvalue weighted by molar-refractivity contribution is -0.0495. The van der Waals surface area contributed by atoms with Crippen molar-refractivity contribution in [1.82, 2.24) is 9.55 Å². The third kappa shape index (κ3) is 2.25. The predicted molar refractivity (Wildman–Crippen MR) is 75.9 cm³/mol. The highest BCUT2D eigenvalue weighted by Gasteiger charge is 2.37. The number of amidine groups is 1. The van der Waals surface area contributed by atoms with Crippen LogP contribution in [0.15, 0.2) is 11.3 Å². The molecule has 0 saturated carbocycles. The standard InChI is InChI=1S/C10H14IN5O3/c11-10-14-7(12)6-8(15-10)16(3-13-6)9-5(18)1-4(2-17)19-9/h3-5,7,9,17-18H,1-2,12H2,(H,14,15). The molecule has 0 bridgehead atoms. The highest BCUT2D eigenvalue weighted by molar-refractivity contribution is 14.1. The third-order valence-electron chi connectivity index (χ3n) is 3.22. The van der Waals surface area contributed by atoms with E-state index in [-0.39, 0.29) is 12.7 Å². The molecular weight excluding hydrogens is 365 g/mol. The summed E-state index contributed by atoms with van der Waals surface area (Å²) in [6.45, 7) is -0.115. The molecule has 2 aliphatic heterocycles. The smallest absolute Gasteiger partial charge is 0.167 e. The van der Waals surface area contributed by atoms with E-state index in [0.29, 0.717) is 21.8 Å². The van der Waals surface area contributed by atoms with Gasteiger partial charge in [0.25, 0.3) is 0 Å². The molecule has 1 aromatic heterocycles. The van der Waals surface area contributed by atoms with Crippen LogP contribution in [0.25, 0.3) is 0 Å². The maximum Gasteiger partial charge on any atom is 0.167 e. The molecule has 5 N–H and O–H groups in total. The molecule has 3 heterocycles. The van der Waals surface area contributed by atoms with Gasteiger partial charge in [0.2, 0.25) is 0 Å². The fraction of sp³-hybridized carbons (Fsp3) is 0.600. The topological polar surface area (TPSA) is 118 Å². The van der Waals surface area contributed by atoms with E-state index in [9.17, 15) is 5.11 Å². The number of hydrogen-bond donors (Lipinski definition) is 4. The predicted octanol–water partition coefficient (Wildman–Crippen LogP) is -0.302. The zero-order valence-electron chi connectivity index (χ0n) is 9.90. The number of nitrogens with two attached hydrogens (primary N) is 1. The molecule has 9 heteroatoms. The summed E-state index contributed by atoms with van der Waals surface area (Å²) in [5.41, 5.74) is 6.50. The highest BCUT2D eigenvalue weighted by atomic mass is 127. The van der Waals surface area contributed by atoms with E-state index >= 15 is 0 Å². The molecule has 0 aromatic carbocycles. The summed E-state index contributed by atoms with van der Waals surface area (Å²) in [5, 5.41) is 22.2. The summed E-state index contributed by atoms with van der Waals surface area (Å²) in [6.07, 6.45) is -0.179. The van der Waals surface area contributed by atoms with Gasteiger partial charge in [0.1, 0.15) is 23.8 Å². The van der Waals surface area contributed by atoms with Crippen molar-refractivity contribution in [2.45, 2.75) is 31.0 Å². The van der Waals surface area contributed by atoms with Crippen LogP contribution in [0.2, 0.25) is 0 Å². The summed E-state index contributed by atoms with van der Waals surface area (Å²) >= 11 is 2.04. The van der Waals surface area contributed by atoms with Crippen LogP contribution < -0.4 is 11.1 Å². The van der Waals surface area contributed by atoms with E-state index in [4.69, 9.17) is 15.6 Å². The van der Waals surface area contributed by atoms with Crippen LogP contribution in [0.3, 0.4) is 0 Å². The minimum Gasteiger partial charge on any atom is -0.394 e. The Bertz CT molecular complexity index is 519. The molecule has 1 fully saturated rings. The van der Waals surface area contributed by atoms with Gasteiger partial charge in [0.05, 0.1) is 19.0 Å². The van der Waals surface area contributed by atoms with E-state index in [1.54, 1.807) is 10.9 Å². The lowest BCUT2D eigenvalue weighted by Crippen LogP contribution is -2.25. The lowest BCUT2D eigenvalue weighted by atomic mass is 10.2. The number of rotatable bonds is 2. The molecular formula is C10H14IN5O3. The molecule has 19 heavy (non-hydrogen) atoms. The van der Waals surface area contributed by atoms with Gasteiger partial charge in [-0.15, -0.1) is 0 Å². The molecule has 1 saturated heterocycles. The van der Waals surface area contributed by atoms with Crippen molar-refractivity contribution in [2.75, 3.05) is 11.9 Å². The van der Waals surface area contributed by atoms with Crippen LogP contribution in [0, 0.1) is 0 Å². The molecule has 0 radical (unpaired) electrons. The van der Waals surface area contributed by atoms with Gasteiger partial charge >= 0.3 is 0 Å². The molecule has 2 aliphatic rings. The molecule has 0 aliphatic carbocycles. The molecule has 4 unspecified atom stereocenters. The number of halogens is 1. The number of aromatic nitrogens is 2. The number of aliphatic hydroxyl groups excluding tert-OH is 2. The SMILES string of the molecule is NC1N=C(I)Nc2c1ncn2C1OC(CO)CC1O. The first-order valence-electron chi connectivity index (χ1n) is 5.87. The number of ether oxygens (including phenoxy) is 1. The average molecular weight is 379 g/mol. The fourth-order valence-electron chi connectivity index (χ4n) is 2.32. The summed E-state index contributed by atoms with van der Waals surface area (Å²) in [7, 11) is 0. The van der Waals surface area contributed by atoms with Gasteiger partial charge in [-0.3, -0.25) is 4.57 Å². The van der Waals surface area contributed by atoms with Crippen LogP contribution in [-0.2, 0) is 4.74 Å². The largest absolute Gasteiger partial charge is 0.394 e. The molecule has 104 valence electrons. The second-order valence-corrected chi connectivity index (χ2v) is 5.53. The van der Waals surface area contributed by atoms with E-state index in [1.807, 2.05) is 22.6 Å². The number of aliphatic hydroxyl groups is 2. The number of hydrogen-bond acceptors (Lipinski definition) is 7. The zero-order valence-corrected chi connectivity index (χ0v) is 12.1. The van der Waals surface area contributed by atoms with Crippen LogP contribution in [0.4, 0.5) is 5.82 Å². The Balaban J connectivity index is 1.92. The molecule has 3 rings (SSSR count). The van der Waals surface area contributed by atoms with Crippen molar-refractivity contribution in [3.8, 4) is 0 Å². The van der Waals surface area contributed by atoms with Crippen molar-refractivity contribution < 1.29 is 14.9 Å². The quantitative estimate of drug-likeness (QED) is 0.414. The van der Waals surface area contributed by atoms with E-state index in [2.05, 4.69) is 15.3 Å². The van der Waals surface area contributed by atoms with Gasteiger partial charge in [0, 0.05) is 6.42 Å². The Hall–Kier alpha value is -0.750. The van der Waals surface area contributed by atoms with Gasteiger partial charge in [-0.1, -0.05) is 0 Å². The second kappa shape index (κ2) is 4.98. The zero-order chi connectivity index (χ0) is 13.6. The molecule has 4 atom stereocenters. The minimum absolute atomic E-state index is 0.115. The number of imidazole rings is 1. The Morgan fingerprint density at radius 1 is 1.63 bits per heavy atom. The molecule has 1 aromatic rings. The normalized spacial score (nSPS) is 33.8. The van der Waals surface area contributed by atoms with Crippen LogP contribution in [0.1, 0.15) is 24.5 Å². The third-order valence-corrected chi connectivity index (χ3v) is 3.77. The Labute approximate surface area is 122 Å². The maximum absolute atomic E-state index is 10.0. The van der Waals surface area contributed by atoms with Crippen molar-refractivity contribution in [3.05, 3.63) is 12.0 Å². The first kappa shape index (κ1) is 13.2. The number of nitrogens with zero attached hydrogens (tertiary/aromatic N) is 3. The summed E-state index contributed by atoms with van der Waals surface area (Å²) in [5.74, 6) is 0.675. The minimum atomic E-state index is -0.690. The van der Waals surface area contributed by atoms with E-state index in [1.165, 1.54) is 0 Å². The maximum atomic E-state index is 10.0. The number of anilines is 1. The molecule has 0 spiro atoms. The highest BCUT2D eigenvalue weighted by Crippen LogP contribution is 2.35. The van der Waals surface area contributed by atoms with E-state index in [0.717, 1.165) is 0 Å². The Morgan fingerprint density at radius 2 is 2.42 bits per heavy atom. The van der Waals surface area contributed by atoms with Gasteiger partial charge < -0.3 is 26.0 Å². The molecule has 8 nitrogen and oxygen atoms in total. The number of aliphatic imine (C=N–C) groups is 1. The fourth-order valence-corrected chi connectivity index (χ4v) is 2.88. The second-order valence-electron chi connectivity index (χ2n) is 4.51. The Morgan fingerprint density at radius 3 is 3.11 bits per heavy atom. The average Bonchev–Trinajstić information content (AvgIpc) is 2.92. The van der Waals surface area contributed by atoms with Crippen molar-refractivity contribution in [2.24, 2.45) is 10.7 Å². The van der Waals surface area contributed by atoms with Gasteiger partial charge in [0.15, 0.2) is 10.1 Å². The summed E-state index contributed by atoms with van der Waals surface area (Å²) < 4.78 is 7.96. The van der Waals surface area contributed by atoms with Gasteiger partial charge in [-0.05, 0) is 22.6 Å². The first-order valence-corrected chi connectivity index (χ1v) is 6.95. The lowest BCUT2D eigenvalue weighted by Gasteiger charge is -2.22. The van der Waals surface area contributed by atoms with Crippen LogP contribution in [0.5, 0.6) is 0 Å². The summed E-state index contributed by atoms with van der Waals surface area (Å²) in [4.78, 5) is 8.38. The van der Waals surface area contributed by atoms with Crippen molar-refractivity contribution in [3.63, 3.8) is 0 Å². The summed E-state index contributed by atoms with van der Waals surface area (Å²) in [6, 6.07) is 0. The van der Waals surface area contributed by atoms with E-state index < -0.39 is 18.5 Å². The van der Waals surface area contributed by atoms with Crippen LogP contribution >= 0.6 is 22.6 Å². The first-order chi connectivity index (χ1) is 9.10. The van der Waals surface area contributed by atoms with Crippen molar-refractivity contribution in [1.29, 1.82) is 0 Å². The number of nitrogens with one attached hydrogen (secondary N) is 1. The van der Waals surface area contributed by atoms with Gasteiger partial charge in [-0.2, -0.15) is 0 Å². The number of fused-ring (bicyclic) bond motifs is 1. The Kier molecular flexibility index (Phi) is 3.47. The molecule has 0 amide bonds.